The molecular formula is C11H9N5O4. The van der Waals surface area contributed by atoms with Gasteiger partial charge < -0.3 is 5.73 Å². The van der Waals surface area contributed by atoms with Crippen LogP contribution in [0.4, 0.5) is 0 Å². The maximum absolute atomic E-state index is 11.7. The van der Waals surface area contributed by atoms with Crippen molar-refractivity contribution in [3.8, 4) is 0 Å². The van der Waals surface area contributed by atoms with E-state index in [1.165, 1.54) is 24.5 Å². The van der Waals surface area contributed by atoms with Gasteiger partial charge in [0.2, 0.25) is 11.8 Å². The average molecular weight is 275 g/mol. The molecule has 1 aliphatic heterocycles. The van der Waals surface area contributed by atoms with E-state index in [0.29, 0.717) is 0 Å². The van der Waals surface area contributed by atoms with Gasteiger partial charge in [-0.25, -0.2) is 5.43 Å². The van der Waals surface area contributed by atoms with Crippen molar-refractivity contribution in [2.24, 2.45) is 16.8 Å². The second kappa shape index (κ2) is 5.26. The molecule has 9 heteroatoms. The molecule has 4 N–H and O–H groups in total. The second-order valence-electron chi connectivity index (χ2n) is 3.83. The first kappa shape index (κ1) is 13.3. The Balaban J connectivity index is 2.18. The zero-order valence-electron chi connectivity index (χ0n) is 9.99. The predicted octanol–water partition coefficient (Wildman–Crippen LogP) is -2.07. The SMILES string of the molecule is NC(=O)[C@@H]1C(=O)NC(=O)/C1=N/NC(=O)c1ccncc1. The largest absolute Gasteiger partial charge is 0.369 e. The maximum atomic E-state index is 11.7. The lowest BCUT2D eigenvalue weighted by atomic mass is 10.1. The summed E-state index contributed by atoms with van der Waals surface area (Å²) in [6, 6.07) is 2.86. The van der Waals surface area contributed by atoms with E-state index in [4.69, 9.17) is 5.73 Å². The highest BCUT2D eigenvalue weighted by Gasteiger charge is 2.42. The normalized spacial score (nSPS) is 19.8. The van der Waals surface area contributed by atoms with Gasteiger partial charge in [-0.2, -0.15) is 5.10 Å². The molecular weight excluding hydrogens is 266 g/mol. The Kier molecular flexibility index (Phi) is 3.51. The van der Waals surface area contributed by atoms with Gasteiger partial charge in [0, 0.05) is 18.0 Å². The smallest absolute Gasteiger partial charge is 0.275 e. The summed E-state index contributed by atoms with van der Waals surface area (Å²) in [6.07, 6.45) is 2.81. The molecule has 2 heterocycles. The van der Waals surface area contributed by atoms with Crippen molar-refractivity contribution < 1.29 is 19.2 Å². The number of carbonyl (C=O) groups is 4. The van der Waals surface area contributed by atoms with Crippen LogP contribution in [0.3, 0.4) is 0 Å². The van der Waals surface area contributed by atoms with Crippen LogP contribution in [0.2, 0.25) is 0 Å². The number of pyridine rings is 1. The minimum Gasteiger partial charge on any atom is -0.369 e. The number of nitrogens with zero attached hydrogens (tertiary/aromatic N) is 2. The number of rotatable bonds is 3. The van der Waals surface area contributed by atoms with E-state index in [9.17, 15) is 19.2 Å². The third kappa shape index (κ3) is 2.51. The van der Waals surface area contributed by atoms with Gasteiger partial charge in [0.05, 0.1) is 0 Å². The minimum absolute atomic E-state index is 0.254. The summed E-state index contributed by atoms with van der Waals surface area (Å²) >= 11 is 0. The Labute approximate surface area is 112 Å². The van der Waals surface area contributed by atoms with Crippen LogP contribution in [-0.4, -0.2) is 34.3 Å². The number of aromatic nitrogens is 1. The fourth-order valence-corrected chi connectivity index (χ4v) is 1.56. The summed E-state index contributed by atoms with van der Waals surface area (Å²) in [5, 5.41) is 5.39. The summed E-state index contributed by atoms with van der Waals surface area (Å²) in [7, 11) is 0. The number of primary amides is 1. The standard InChI is InChI=1S/C11H9N5O4/c12-8(17)6-7(11(20)14-10(6)19)15-16-9(18)5-1-3-13-4-2-5/h1-4,6H,(H2,12,17)(H,16,18)(H,14,19,20)/b15-7+/t6-/m1/s1. The van der Waals surface area contributed by atoms with Crippen LogP contribution in [0.25, 0.3) is 0 Å². The molecule has 0 aliphatic carbocycles. The van der Waals surface area contributed by atoms with Crippen LogP contribution in [-0.2, 0) is 14.4 Å². The van der Waals surface area contributed by atoms with Gasteiger partial charge >= 0.3 is 0 Å². The Morgan fingerprint density at radius 3 is 2.55 bits per heavy atom. The van der Waals surface area contributed by atoms with Crippen LogP contribution in [0.15, 0.2) is 29.6 Å². The number of amides is 4. The lowest BCUT2D eigenvalue weighted by molar-refractivity contribution is -0.130. The van der Waals surface area contributed by atoms with Crippen molar-refractivity contribution in [2.45, 2.75) is 0 Å². The zero-order valence-corrected chi connectivity index (χ0v) is 9.99. The summed E-state index contributed by atoms with van der Waals surface area (Å²) in [4.78, 5) is 49.2. The van der Waals surface area contributed by atoms with Gasteiger partial charge in [0.15, 0.2) is 5.92 Å². The zero-order chi connectivity index (χ0) is 14.7. The first-order valence-electron chi connectivity index (χ1n) is 5.43. The fraction of sp³-hybridized carbons (Fsp3) is 0.0909. The molecule has 102 valence electrons. The van der Waals surface area contributed by atoms with Gasteiger partial charge in [-0.3, -0.25) is 29.5 Å². The Bertz CT molecular complexity index is 625. The van der Waals surface area contributed by atoms with E-state index >= 15 is 0 Å². The van der Waals surface area contributed by atoms with Gasteiger partial charge in [0.1, 0.15) is 5.71 Å². The third-order valence-corrected chi connectivity index (χ3v) is 2.51. The quantitative estimate of drug-likeness (QED) is 0.329. The molecule has 0 aromatic carbocycles. The summed E-state index contributed by atoms with van der Waals surface area (Å²) in [5.41, 5.74) is 6.90. The molecule has 1 aromatic heterocycles. The molecule has 0 saturated carbocycles. The Hall–Kier alpha value is -3.10. The van der Waals surface area contributed by atoms with Crippen molar-refractivity contribution in [1.29, 1.82) is 0 Å². The van der Waals surface area contributed by atoms with Crippen molar-refractivity contribution in [3.05, 3.63) is 30.1 Å². The molecule has 1 fully saturated rings. The van der Waals surface area contributed by atoms with Crippen LogP contribution in [0.5, 0.6) is 0 Å². The van der Waals surface area contributed by atoms with E-state index in [1.807, 2.05) is 5.32 Å². The average Bonchev–Trinajstić information content (AvgIpc) is 2.71. The van der Waals surface area contributed by atoms with E-state index in [0.717, 1.165) is 0 Å². The number of nitrogens with two attached hydrogens (primary N) is 1. The maximum Gasteiger partial charge on any atom is 0.275 e. The van der Waals surface area contributed by atoms with Gasteiger partial charge in [-0.1, -0.05) is 0 Å². The van der Waals surface area contributed by atoms with Crippen molar-refractivity contribution in [1.82, 2.24) is 15.7 Å². The van der Waals surface area contributed by atoms with Gasteiger partial charge in [-0.15, -0.1) is 0 Å². The number of hydrogen-bond acceptors (Lipinski definition) is 6. The van der Waals surface area contributed by atoms with Crippen LogP contribution in [0, 0.1) is 5.92 Å². The number of imide groups is 1. The van der Waals surface area contributed by atoms with Crippen molar-refractivity contribution in [3.63, 3.8) is 0 Å². The highest BCUT2D eigenvalue weighted by atomic mass is 16.2. The molecule has 1 atom stereocenters. The van der Waals surface area contributed by atoms with E-state index in [2.05, 4.69) is 15.5 Å². The monoisotopic (exact) mass is 275 g/mol. The van der Waals surface area contributed by atoms with Crippen molar-refractivity contribution >= 4 is 29.3 Å². The van der Waals surface area contributed by atoms with Crippen LogP contribution >= 0.6 is 0 Å². The lowest BCUT2D eigenvalue weighted by Crippen LogP contribution is -2.34. The van der Waals surface area contributed by atoms with Gasteiger partial charge in [-0.05, 0) is 12.1 Å². The Morgan fingerprint density at radius 1 is 1.30 bits per heavy atom. The summed E-state index contributed by atoms with van der Waals surface area (Å²) < 4.78 is 0. The number of carbonyl (C=O) groups excluding carboxylic acids is 4. The van der Waals surface area contributed by atoms with E-state index < -0.39 is 35.3 Å². The van der Waals surface area contributed by atoms with Crippen LogP contribution < -0.4 is 16.5 Å². The molecule has 0 unspecified atom stereocenters. The highest BCUT2D eigenvalue weighted by molar-refractivity contribution is 6.54. The first-order valence-corrected chi connectivity index (χ1v) is 5.43. The molecule has 1 aliphatic rings. The molecule has 20 heavy (non-hydrogen) atoms. The molecule has 9 nitrogen and oxygen atoms in total. The molecule has 1 saturated heterocycles. The van der Waals surface area contributed by atoms with E-state index in [-0.39, 0.29) is 5.56 Å². The predicted molar refractivity (Wildman–Crippen MR) is 65.0 cm³/mol. The number of hydrogen-bond donors (Lipinski definition) is 3. The third-order valence-electron chi connectivity index (χ3n) is 2.51. The second-order valence-corrected chi connectivity index (χ2v) is 3.83. The first-order chi connectivity index (χ1) is 9.50. The molecule has 0 radical (unpaired) electrons. The molecule has 2 rings (SSSR count). The number of nitrogens with one attached hydrogen (secondary N) is 2. The topological polar surface area (TPSA) is 144 Å². The molecule has 4 amide bonds. The van der Waals surface area contributed by atoms with Gasteiger partial charge in [0.25, 0.3) is 11.8 Å². The number of hydrazone groups is 1. The minimum atomic E-state index is -1.50. The summed E-state index contributed by atoms with van der Waals surface area (Å²) in [6.45, 7) is 0. The lowest BCUT2D eigenvalue weighted by Gasteiger charge is -2.03. The molecule has 1 aromatic rings. The molecule has 0 spiro atoms. The highest BCUT2D eigenvalue weighted by Crippen LogP contribution is 2.07. The fourth-order valence-electron chi connectivity index (χ4n) is 1.56. The van der Waals surface area contributed by atoms with Crippen molar-refractivity contribution in [2.75, 3.05) is 0 Å². The molecule has 0 bridgehead atoms. The Morgan fingerprint density at radius 2 is 1.95 bits per heavy atom. The van der Waals surface area contributed by atoms with E-state index in [1.54, 1.807) is 0 Å². The van der Waals surface area contributed by atoms with Crippen LogP contribution in [0.1, 0.15) is 10.4 Å². The summed E-state index contributed by atoms with van der Waals surface area (Å²) in [5.74, 6) is -4.87.